The van der Waals surface area contributed by atoms with Crippen LogP contribution in [-0.2, 0) is 25.9 Å². The van der Waals surface area contributed by atoms with Crippen LogP contribution in [0.15, 0.2) is 42.5 Å². The average molecular weight is 613 g/mol. The molecule has 1 heterocycles. The lowest BCUT2D eigenvalue weighted by Gasteiger charge is -2.27. The molecule has 8 nitrogen and oxygen atoms in total. The van der Waals surface area contributed by atoms with Crippen molar-refractivity contribution < 1.29 is 27.9 Å². The fourth-order valence-electron chi connectivity index (χ4n) is 6.52. The minimum Gasteiger partial charge on any atom is -0.480 e. The molecule has 4 rings (SSSR count). The molecule has 236 valence electrons. The smallest absolute Gasteiger partial charge is 0.326 e. The van der Waals surface area contributed by atoms with Gasteiger partial charge in [0.1, 0.15) is 15.9 Å². The maximum atomic E-state index is 13.5. The molecule has 2 aromatic carbocycles. The number of carbonyl (C=O) groups excluding carboxylic acids is 1. The Bertz CT molecular complexity index is 1350. The number of aliphatic carboxylic acids is 1. The zero-order valence-electron chi connectivity index (χ0n) is 25.9. The van der Waals surface area contributed by atoms with Gasteiger partial charge in [-0.15, -0.1) is 0 Å². The first-order valence-corrected chi connectivity index (χ1v) is 17.8. The molecule has 2 N–H and O–H groups in total. The fraction of sp³-hybridized carbons (Fsp3) is 0.588. The number of carbonyl (C=O) groups is 2. The van der Waals surface area contributed by atoms with Gasteiger partial charge in [0.2, 0.25) is 0 Å². The molecule has 2 aromatic rings. The highest BCUT2D eigenvalue weighted by molar-refractivity contribution is 7.90. The molecule has 3 atom stereocenters. The molecule has 1 aliphatic carbocycles. The first-order chi connectivity index (χ1) is 20.5. The summed E-state index contributed by atoms with van der Waals surface area (Å²) in [5.41, 5.74) is 4.08. The molecule has 1 aliphatic heterocycles. The molecule has 9 heteroatoms. The van der Waals surface area contributed by atoms with Crippen molar-refractivity contribution in [3.8, 4) is 11.1 Å². The summed E-state index contributed by atoms with van der Waals surface area (Å²) in [5, 5.41) is 12.2. The second-order valence-electron chi connectivity index (χ2n) is 12.6. The van der Waals surface area contributed by atoms with Crippen molar-refractivity contribution in [3.63, 3.8) is 0 Å². The largest absolute Gasteiger partial charge is 0.480 e. The van der Waals surface area contributed by atoms with E-state index >= 15 is 0 Å². The van der Waals surface area contributed by atoms with E-state index in [0.29, 0.717) is 23.4 Å². The van der Waals surface area contributed by atoms with Crippen LogP contribution in [0.2, 0.25) is 0 Å². The molecule has 0 spiro atoms. The number of benzene rings is 2. The molecule has 0 aromatic heterocycles. The maximum absolute atomic E-state index is 13.5. The first-order valence-electron chi connectivity index (χ1n) is 15.8. The van der Waals surface area contributed by atoms with E-state index in [-0.39, 0.29) is 12.2 Å². The Labute approximate surface area is 257 Å². The van der Waals surface area contributed by atoms with Crippen LogP contribution in [0.1, 0.15) is 79.8 Å². The molecule has 1 saturated heterocycles. The molecular formula is C34H48N2O6S. The van der Waals surface area contributed by atoms with Crippen molar-refractivity contribution in [2.24, 2.45) is 11.8 Å². The van der Waals surface area contributed by atoms with Crippen LogP contribution < -0.4 is 5.32 Å². The molecule has 1 saturated carbocycles. The molecule has 0 unspecified atom stereocenters. The maximum Gasteiger partial charge on any atom is 0.326 e. The number of rotatable bonds is 14. The molecule has 2 fully saturated rings. The Kier molecular flexibility index (Phi) is 11.8. The summed E-state index contributed by atoms with van der Waals surface area (Å²) < 4.78 is 29.6. The average Bonchev–Trinajstić information content (AvgIpc) is 3.36. The predicted octanol–water partition coefficient (Wildman–Crippen LogP) is 5.48. The van der Waals surface area contributed by atoms with E-state index in [1.54, 1.807) is 6.07 Å². The van der Waals surface area contributed by atoms with Gasteiger partial charge in [-0.1, -0.05) is 62.9 Å². The first kappa shape index (κ1) is 33.1. The van der Waals surface area contributed by atoms with Gasteiger partial charge < -0.3 is 15.2 Å². The number of amides is 1. The third-order valence-corrected chi connectivity index (χ3v) is 10.1. The number of carboxylic acids is 1. The number of nitrogens with zero attached hydrogens (tertiary/aromatic N) is 1. The normalized spacial score (nSPS) is 20.6. The summed E-state index contributed by atoms with van der Waals surface area (Å²) in [6.45, 7) is 7.57. The zero-order chi connectivity index (χ0) is 31.0. The van der Waals surface area contributed by atoms with Gasteiger partial charge in [-0.25, -0.2) is 13.2 Å². The Morgan fingerprint density at radius 1 is 1.05 bits per heavy atom. The van der Waals surface area contributed by atoms with Crippen LogP contribution in [-0.4, -0.2) is 74.2 Å². The summed E-state index contributed by atoms with van der Waals surface area (Å²) in [7, 11) is -3.38. The highest BCUT2D eigenvalue weighted by Crippen LogP contribution is 2.32. The number of hydrogen-bond acceptors (Lipinski definition) is 6. The van der Waals surface area contributed by atoms with Crippen molar-refractivity contribution in [2.75, 3.05) is 31.8 Å². The van der Waals surface area contributed by atoms with Crippen LogP contribution in [0.25, 0.3) is 11.1 Å². The van der Waals surface area contributed by atoms with E-state index in [1.165, 1.54) is 32.1 Å². The van der Waals surface area contributed by atoms with Gasteiger partial charge in [-0.2, -0.15) is 0 Å². The Balaban J connectivity index is 1.54. The topological polar surface area (TPSA) is 113 Å². The van der Waals surface area contributed by atoms with Crippen molar-refractivity contribution in [1.29, 1.82) is 0 Å². The van der Waals surface area contributed by atoms with Gasteiger partial charge >= 0.3 is 5.97 Å². The fourth-order valence-corrected chi connectivity index (χ4v) is 7.19. The van der Waals surface area contributed by atoms with Crippen molar-refractivity contribution in [3.05, 3.63) is 59.2 Å². The third kappa shape index (κ3) is 9.62. The number of sulfone groups is 1. The van der Waals surface area contributed by atoms with E-state index < -0.39 is 27.8 Å². The molecule has 0 bridgehead atoms. The quantitative estimate of drug-likeness (QED) is 0.291. The minimum atomic E-state index is -3.38. The number of ether oxygens (including phenoxy) is 1. The van der Waals surface area contributed by atoms with E-state index in [4.69, 9.17) is 4.74 Å². The van der Waals surface area contributed by atoms with Crippen LogP contribution in [0.4, 0.5) is 0 Å². The summed E-state index contributed by atoms with van der Waals surface area (Å²) in [6, 6.07) is 12.6. The van der Waals surface area contributed by atoms with Crippen molar-refractivity contribution in [2.45, 2.75) is 83.8 Å². The highest BCUT2D eigenvalue weighted by atomic mass is 32.2. The summed E-state index contributed by atoms with van der Waals surface area (Å²) in [4.78, 5) is 27.8. The van der Waals surface area contributed by atoms with Gasteiger partial charge in [0.15, 0.2) is 0 Å². The Morgan fingerprint density at radius 2 is 1.79 bits per heavy atom. The number of nitrogens with one attached hydrogen (secondary N) is 1. The molecule has 0 radical (unpaired) electrons. The summed E-state index contributed by atoms with van der Waals surface area (Å²) >= 11 is 0. The van der Waals surface area contributed by atoms with Crippen molar-refractivity contribution >= 4 is 21.7 Å². The van der Waals surface area contributed by atoms with Gasteiger partial charge in [-0.05, 0) is 78.8 Å². The van der Waals surface area contributed by atoms with E-state index in [9.17, 15) is 23.1 Å². The third-order valence-electron chi connectivity index (χ3n) is 9.11. The number of hydrogen-bond donors (Lipinski definition) is 2. The van der Waals surface area contributed by atoms with Crippen LogP contribution in [0.3, 0.4) is 0 Å². The lowest BCUT2D eigenvalue weighted by Crippen LogP contribution is -2.42. The number of likely N-dealkylation sites (tertiary alicyclic amines) is 1. The second-order valence-corrected chi connectivity index (χ2v) is 14.9. The van der Waals surface area contributed by atoms with Crippen LogP contribution >= 0.6 is 0 Å². The standard InChI is InChI=1S/C34H48N2O6S/c1-4-25-18-28(23-42-22-26-11-6-5-7-12-26)36(20-25)21-27-14-15-30(31(19-27)29-13-9-8-10-24(29)2)33(37)35-32(34(38)39)16-17-43(3,40)41/h8-10,13-15,19,25-26,28,32H,4-7,11-12,16-18,20-23H2,1-3H3,(H,35,37)(H,38,39)/t25-,28+,32+/m1/s1. The Hall–Kier alpha value is -2.75. The molecule has 43 heavy (non-hydrogen) atoms. The SMILES string of the molecule is CC[C@@H]1C[C@@H](COCC2CCCCC2)N(Cc2ccc(C(=O)N[C@@H](CCS(C)(=O)=O)C(=O)O)c(-c3ccccc3C)c2)C1. The van der Waals surface area contributed by atoms with Crippen LogP contribution in [0.5, 0.6) is 0 Å². The minimum absolute atomic E-state index is 0.199. The molecule has 1 amide bonds. The highest BCUT2D eigenvalue weighted by Gasteiger charge is 2.32. The molecular weight excluding hydrogens is 564 g/mol. The summed E-state index contributed by atoms with van der Waals surface area (Å²) in [6.07, 6.45) is 9.64. The van der Waals surface area contributed by atoms with Crippen molar-refractivity contribution in [1.82, 2.24) is 10.2 Å². The van der Waals surface area contributed by atoms with E-state index in [1.807, 2.05) is 43.3 Å². The predicted molar refractivity (Wildman–Crippen MR) is 170 cm³/mol. The van der Waals surface area contributed by atoms with Gasteiger partial charge in [0, 0.05) is 37.6 Å². The number of carboxylic acid groups (broad SMARTS) is 1. The van der Waals surface area contributed by atoms with E-state index in [0.717, 1.165) is 67.7 Å². The lowest BCUT2D eigenvalue weighted by atomic mass is 9.90. The number of aryl methyl sites for hydroxylation is 1. The Morgan fingerprint density at radius 3 is 2.47 bits per heavy atom. The zero-order valence-corrected chi connectivity index (χ0v) is 26.7. The van der Waals surface area contributed by atoms with Gasteiger partial charge in [0.05, 0.1) is 12.4 Å². The van der Waals surface area contributed by atoms with Crippen LogP contribution in [0, 0.1) is 18.8 Å². The lowest BCUT2D eigenvalue weighted by molar-refractivity contribution is -0.139. The monoisotopic (exact) mass is 612 g/mol. The van der Waals surface area contributed by atoms with E-state index in [2.05, 4.69) is 17.1 Å². The van der Waals surface area contributed by atoms with Gasteiger partial charge in [-0.3, -0.25) is 9.69 Å². The summed E-state index contributed by atoms with van der Waals surface area (Å²) in [5.74, 6) is -0.806. The molecule has 2 aliphatic rings. The van der Waals surface area contributed by atoms with Gasteiger partial charge in [0.25, 0.3) is 5.91 Å². The second kappa shape index (κ2) is 15.3.